The first-order chi connectivity index (χ1) is 13.0. The molecule has 27 heavy (non-hydrogen) atoms. The predicted octanol–water partition coefficient (Wildman–Crippen LogP) is 1.31. The van der Waals surface area contributed by atoms with Gasteiger partial charge in [-0.2, -0.15) is 0 Å². The van der Waals surface area contributed by atoms with Gasteiger partial charge in [-0.1, -0.05) is 6.92 Å². The van der Waals surface area contributed by atoms with Crippen LogP contribution in [0.4, 0.5) is 11.5 Å². The van der Waals surface area contributed by atoms with Gasteiger partial charge in [0, 0.05) is 26.2 Å². The second-order valence-corrected chi connectivity index (χ2v) is 9.10. The number of ether oxygens (including phenoxy) is 1. The highest BCUT2D eigenvalue weighted by Gasteiger charge is 2.31. The molecule has 2 saturated heterocycles. The number of amides is 1. The van der Waals surface area contributed by atoms with Gasteiger partial charge >= 0.3 is 0 Å². The third kappa shape index (κ3) is 5.18. The second-order valence-electron chi connectivity index (χ2n) is 7.01. The molecule has 0 bridgehead atoms. The smallest absolute Gasteiger partial charge is 0.228 e. The zero-order valence-corrected chi connectivity index (χ0v) is 16.6. The van der Waals surface area contributed by atoms with E-state index in [0.717, 1.165) is 18.9 Å². The highest BCUT2D eigenvalue weighted by molar-refractivity contribution is 7.89. The number of nitrogens with one attached hydrogen (secondary N) is 1. The number of piperidine rings is 1. The summed E-state index contributed by atoms with van der Waals surface area (Å²) < 4.78 is 31.3. The van der Waals surface area contributed by atoms with Crippen LogP contribution in [0, 0.1) is 5.92 Å². The van der Waals surface area contributed by atoms with E-state index < -0.39 is 10.0 Å². The lowest BCUT2D eigenvalue weighted by Gasteiger charge is -2.31. The quantitative estimate of drug-likeness (QED) is 0.779. The van der Waals surface area contributed by atoms with Crippen molar-refractivity contribution >= 4 is 27.4 Å². The van der Waals surface area contributed by atoms with Gasteiger partial charge in [0.05, 0.1) is 36.8 Å². The summed E-state index contributed by atoms with van der Waals surface area (Å²) in [4.78, 5) is 19.2. The molecule has 8 nitrogen and oxygen atoms in total. The number of carbonyl (C=O) groups excluding carboxylic acids is 1. The zero-order chi connectivity index (χ0) is 19.3. The minimum absolute atomic E-state index is 0.133. The molecule has 1 atom stereocenters. The van der Waals surface area contributed by atoms with Crippen LogP contribution in [0.2, 0.25) is 0 Å². The van der Waals surface area contributed by atoms with E-state index in [2.05, 4.69) is 15.2 Å². The highest BCUT2D eigenvalue weighted by atomic mass is 32.2. The molecule has 1 aromatic rings. The van der Waals surface area contributed by atoms with Gasteiger partial charge in [-0.05, 0) is 31.4 Å². The third-order valence-corrected chi connectivity index (χ3v) is 7.00. The molecule has 1 aromatic heterocycles. The first kappa shape index (κ1) is 20.0. The number of rotatable bonds is 6. The summed E-state index contributed by atoms with van der Waals surface area (Å²) in [5, 5.41) is 2.88. The number of anilines is 2. The van der Waals surface area contributed by atoms with Crippen molar-refractivity contribution in [3.05, 3.63) is 18.3 Å². The average molecular weight is 397 g/mol. The lowest BCUT2D eigenvalue weighted by molar-refractivity contribution is -0.120. The van der Waals surface area contributed by atoms with Crippen LogP contribution in [0.1, 0.15) is 26.2 Å². The van der Waals surface area contributed by atoms with Crippen molar-refractivity contribution in [1.82, 2.24) is 9.29 Å². The van der Waals surface area contributed by atoms with Crippen molar-refractivity contribution in [3.63, 3.8) is 0 Å². The first-order valence-corrected chi connectivity index (χ1v) is 11.2. The molecule has 1 N–H and O–H groups in total. The van der Waals surface area contributed by atoms with Crippen molar-refractivity contribution < 1.29 is 17.9 Å². The van der Waals surface area contributed by atoms with Crippen LogP contribution < -0.4 is 10.2 Å². The number of nitrogens with zero attached hydrogens (tertiary/aromatic N) is 3. The van der Waals surface area contributed by atoms with Crippen molar-refractivity contribution in [2.75, 3.05) is 55.4 Å². The molecule has 0 saturated carbocycles. The number of carbonyl (C=O) groups is 1. The van der Waals surface area contributed by atoms with E-state index in [0.29, 0.717) is 44.7 Å². The van der Waals surface area contributed by atoms with Crippen LogP contribution >= 0.6 is 0 Å². The Morgan fingerprint density at radius 2 is 2.07 bits per heavy atom. The first-order valence-electron chi connectivity index (χ1n) is 9.57. The summed E-state index contributed by atoms with van der Waals surface area (Å²) in [7, 11) is -3.27. The van der Waals surface area contributed by atoms with Gasteiger partial charge in [0.15, 0.2) is 0 Å². The standard InChI is InChI=1S/C18H28N4O4S/c1-2-12-27(24,25)22-7-3-4-15(14-22)18(23)20-16-5-6-17(19-13-16)21-8-10-26-11-9-21/h5-6,13,15H,2-4,7-12,14H2,1H3,(H,20,23). The molecule has 9 heteroatoms. The summed E-state index contributed by atoms with van der Waals surface area (Å²) in [5.74, 6) is 0.524. The van der Waals surface area contributed by atoms with Gasteiger partial charge in [-0.25, -0.2) is 17.7 Å². The Labute approximate surface area is 160 Å². The molecule has 2 fully saturated rings. The Morgan fingerprint density at radius 3 is 2.74 bits per heavy atom. The lowest BCUT2D eigenvalue weighted by atomic mass is 9.99. The van der Waals surface area contributed by atoms with E-state index in [1.54, 1.807) is 6.20 Å². The highest BCUT2D eigenvalue weighted by Crippen LogP contribution is 2.22. The molecule has 150 valence electrons. The molecule has 0 aliphatic carbocycles. The molecule has 0 aromatic carbocycles. The molecule has 3 heterocycles. The zero-order valence-electron chi connectivity index (χ0n) is 15.8. The number of aromatic nitrogens is 1. The normalized spacial score (nSPS) is 21.8. The second kappa shape index (κ2) is 8.99. The Hall–Kier alpha value is -1.71. The van der Waals surface area contributed by atoms with E-state index in [4.69, 9.17) is 4.74 Å². The molecule has 3 rings (SSSR count). The maximum Gasteiger partial charge on any atom is 0.228 e. The third-order valence-electron chi connectivity index (χ3n) is 4.96. The van der Waals surface area contributed by atoms with Crippen molar-refractivity contribution in [3.8, 4) is 0 Å². The van der Waals surface area contributed by atoms with Crippen LogP contribution in [0.25, 0.3) is 0 Å². The van der Waals surface area contributed by atoms with Gasteiger partial charge in [-0.15, -0.1) is 0 Å². The molecule has 0 radical (unpaired) electrons. The van der Waals surface area contributed by atoms with Crippen LogP contribution in [0.3, 0.4) is 0 Å². The molecule has 0 spiro atoms. The fourth-order valence-electron chi connectivity index (χ4n) is 3.48. The number of pyridine rings is 1. The maximum absolute atomic E-state index is 12.6. The van der Waals surface area contributed by atoms with E-state index in [-0.39, 0.29) is 24.1 Å². The Bertz CT molecular complexity index is 732. The molecule has 2 aliphatic heterocycles. The molecular formula is C18H28N4O4S. The van der Waals surface area contributed by atoms with Gasteiger partial charge in [0.1, 0.15) is 5.82 Å². The number of morpholine rings is 1. The Balaban J connectivity index is 1.58. The number of hydrogen-bond donors (Lipinski definition) is 1. The van der Waals surface area contributed by atoms with Crippen LogP contribution in [0.15, 0.2) is 18.3 Å². The minimum Gasteiger partial charge on any atom is -0.378 e. The minimum atomic E-state index is -3.27. The summed E-state index contributed by atoms with van der Waals surface area (Å²) in [6.45, 7) is 5.61. The molecule has 2 aliphatic rings. The molecular weight excluding hydrogens is 368 g/mol. The van der Waals surface area contributed by atoms with Gasteiger partial charge < -0.3 is 15.0 Å². The van der Waals surface area contributed by atoms with Crippen molar-refractivity contribution in [1.29, 1.82) is 0 Å². The summed E-state index contributed by atoms with van der Waals surface area (Å²) in [5.41, 5.74) is 0.630. The van der Waals surface area contributed by atoms with Gasteiger partial charge in [0.25, 0.3) is 0 Å². The van der Waals surface area contributed by atoms with Crippen LogP contribution in [-0.2, 0) is 19.6 Å². The lowest BCUT2D eigenvalue weighted by Crippen LogP contribution is -2.44. The average Bonchev–Trinajstić information content (AvgIpc) is 2.69. The van der Waals surface area contributed by atoms with Crippen LogP contribution in [0.5, 0.6) is 0 Å². The predicted molar refractivity (Wildman–Crippen MR) is 104 cm³/mol. The summed E-state index contributed by atoms with van der Waals surface area (Å²) in [6.07, 6.45) is 3.63. The van der Waals surface area contributed by atoms with Crippen molar-refractivity contribution in [2.24, 2.45) is 5.92 Å². The van der Waals surface area contributed by atoms with E-state index >= 15 is 0 Å². The topological polar surface area (TPSA) is 91.8 Å². The molecule has 1 unspecified atom stereocenters. The largest absolute Gasteiger partial charge is 0.378 e. The summed E-state index contributed by atoms with van der Waals surface area (Å²) >= 11 is 0. The molecule has 1 amide bonds. The summed E-state index contributed by atoms with van der Waals surface area (Å²) in [6, 6.07) is 3.73. The fourth-order valence-corrected chi connectivity index (χ4v) is 5.07. The fraction of sp³-hybridized carbons (Fsp3) is 0.667. The number of sulfonamides is 1. The van der Waals surface area contributed by atoms with E-state index in [9.17, 15) is 13.2 Å². The van der Waals surface area contributed by atoms with Crippen molar-refractivity contribution in [2.45, 2.75) is 26.2 Å². The van der Waals surface area contributed by atoms with Gasteiger partial charge in [-0.3, -0.25) is 4.79 Å². The SMILES string of the molecule is CCCS(=O)(=O)N1CCCC(C(=O)Nc2ccc(N3CCOCC3)nc2)C1. The number of hydrogen-bond acceptors (Lipinski definition) is 6. The van der Waals surface area contributed by atoms with E-state index in [1.165, 1.54) is 4.31 Å². The van der Waals surface area contributed by atoms with E-state index in [1.807, 2.05) is 19.1 Å². The monoisotopic (exact) mass is 396 g/mol. The maximum atomic E-state index is 12.6. The Kier molecular flexibility index (Phi) is 6.67. The van der Waals surface area contributed by atoms with Crippen LogP contribution in [-0.4, -0.2) is 68.8 Å². The van der Waals surface area contributed by atoms with Gasteiger partial charge in [0.2, 0.25) is 15.9 Å². The Morgan fingerprint density at radius 1 is 1.30 bits per heavy atom.